The predicted molar refractivity (Wildman–Crippen MR) is 183 cm³/mol. The fourth-order valence-corrected chi connectivity index (χ4v) is 19.7. The predicted octanol–water partition coefficient (Wildman–Crippen LogP) is 12.8. The molecule has 0 spiro atoms. The van der Waals surface area contributed by atoms with Crippen molar-refractivity contribution in [3.8, 4) is 0 Å². The minimum atomic E-state index is -1.82. The van der Waals surface area contributed by atoms with Crippen molar-refractivity contribution in [2.45, 2.75) is 119 Å². The number of benzene rings is 2. The number of unbranched alkanes of at least 4 members (excludes halogenated alkanes) is 2. The molecule has 0 nitrogen and oxygen atoms in total. The summed E-state index contributed by atoms with van der Waals surface area (Å²) in [5.74, 6) is 0. The number of aryl methyl sites for hydroxylation is 6. The molecular weight excluding hydrogens is 623 g/mol. The molecule has 0 N–H and O–H groups in total. The topological polar surface area (TPSA) is 0 Å². The molecule has 0 saturated carbocycles. The van der Waals surface area contributed by atoms with E-state index in [9.17, 15) is 0 Å². The SMILES string of the molecule is CCCC[Si](CCCC)=[Zr]([Cl])[Cl].CCCc1ccc(C)c2[cH-]c(C)cc12.CCCc1ccc(C)c2[cH-]c(C)cc12. The molecule has 0 aliphatic rings. The Hall–Kier alpha value is -0.660. The number of halogens is 2. The van der Waals surface area contributed by atoms with Gasteiger partial charge in [-0.1, -0.05) is 77.6 Å². The van der Waals surface area contributed by atoms with Gasteiger partial charge in [0.2, 0.25) is 0 Å². The Balaban J connectivity index is 0.000000211. The summed E-state index contributed by atoms with van der Waals surface area (Å²) in [4.78, 5) is 0. The van der Waals surface area contributed by atoms with E-state index in [4.69, 9.17) is 17.0 Å². The molecule has 0 aliphatic carbocycles. The van der Waals surface area contributed by atoms with E-state index in [0.717, 1.165) is 0 Å². The van der Waals surface area contributed by atoms with Crippen molar-refractivity contribution >= 4 is 44.0 Å². The molecule has 4 rings (SSSR count). The van der Waals surface area contributed by atoms with Gasteiger partial charge in [0.25, 0.3) is 0 Å². The molecule has 0 fully saturated rings. The molecule has 0 radical (unpaired) electrons. The van der Waals surface area contributed by atoms with E-state index in [0.29, 0.717) is 0 Å². The second-order valence-electron chi connectivity index (χ2n) is 11.4. The Morgan fingerprint density at radius 1 is 0.625 bits per heavy atom. The van der Waals surface area contributed by atoms with Gasteiger partial charge < -0.3 is 0 Å². The summed E-state index contributed by atoms with van der Waals surface area (Å²) in [6.45, 7) is 17.7. The zero-order valence-corrected chi connectivity index (χ0v) is 31.4. The van der Waals surface area contributed by atoms with Gasteiger partial charge in [0.15, 0.2) is 0 Å². The summed E-state index contributed by atoms with van der Waals surface area (Å²) >= 11 is -1.82. The fraction of sp³-hybridized carbons (Fsp3) is 0.500. The van der Waals surface area contributed by atoms with Crippen LogP contribution in [0, 0.1) is 27.7 Å². The molecule has 0 saturated heterocycles. The van der Waals surface area contributed by atoms with Crippen LogP contribution < -0.4 is 0 Å². The summed E-state index contributed by atoms with van der Waals surface area (Å²) in [5.41, 5.74) is 8.30. The van der Waals surface area contributed by atoms with E-state index in [1.807, 2.05) is 0 Å². The Bertz CT molecular complexity index is 1260. The van der Waals surface area contributed by atoms with Crippen molar-refractivity contribution in [3.63, 3.8) is 0 Å². The third kappa shape index (κ3) is 10.9. The normalized spacial score (nSPS) is 10.8. The molecule has 0 aliphatic heterocycles. The maximum atomic E-state index is 6.12. The number of hydrogen-bond donors (Lipinski definition) is 0. The number of rotatable bonds is 10. The van der Waals surface area contributed by atoms with Gasteiger partial charge >= 0.3 is 92.1 Å². The van der Waals surface area contributed by atoms with Crippen molar-refractivity contribution < 1.29 is 18.0 Å². The van der Waals surface area contributed by atoms with E-state index < -0.39 is 18.0 Å². The molecule has 4 heteroatoms. The molecule has 0 atom stereocenters. The van der Waals surface area contributed by atoms with Crippen molar-refractivity contribution in [1.82, 2.24) is 0 Å². The van der Waals surface area contributed by atoms with Gasteiger partial charge in [-0.25, -0.2) is 0 Å². The Morgan fingerprint density at radius 2 is 1.02 bits per heavy atom. The molecule has 220 valence electrons. The van der Waals surface area contributed by atoms with Gasteiger partial charge in [0.05, 0.1) is 0 Å². The third-order valence-electron chi connectivity index (χ3n) is 7.65. The van der Waals surface area contributed by atoms with Crippen LogP contribution in [0.4, 0.5) is 0 Å². The van der Waals surface area contributed by atoms with E-state index in [-0.39, 0.29) is 5.43 Å². The standard InChI is InChI=1S/2C14H17.C8H18Si.2ClH.Zr/c2*1-4-5-12-7-6-11(3)13-8-10(2)9-14(12)13;1-3-5-7-9-8-6-4-2;;;/h2*6-9H,4-5H2,1-3H3;3-8H2,1-2H3;2*1H;/q2*-1;;;;+2/p-2. The summed E-state index contributed by atoms with van der Waals surface area (Å²) in [7, 11) is 12.2. The van der Waals surface area contributed by atoms with E-state index >= 15 is 0 Å². The monoisotopic (exact) mass is 672 g/mol. The smallest absolute Gasteiger partial charge is 0.0371 e. The molecule has 0 amide bonds. The molecule has 4 aromatic carbocycles. The van der Waals surface area contributed by atoms with E-state index in [1.165, 1.54) is 118 Å². The first kappa shape index (κ1) is 35.5. The largest absolute Gasteiger partial charge is 0.165 e. The first-order chi connectivity index (χ1) is 19.2. The van der Waals surface area contributed by atoms with Gasteiger partial charge in [-0.3, -0.25) is 0 Å². The van der Waals surface area contributed by atoms with Crippen molar-refractivity contribution in [3.05, 3.63) is 81.9 Å². The first-order valence-corrected chi connectivity index (χ1v) is 27.4. The van der Waals surface area contributed by atoms with Crippen LogP contribution in [0.2, 0.25) is 12.1 Å². The van der Waals surface area contributed by atoms with E-state index in [2.05, 4.69) is 104 Å². The summed E-state index contributed by atoms with van der Waals surface area (Å²) in [6.07, 6.45) is 10.1. The third-order valence-corrected chi connectivity index (χ3v) is 27.2. The van der Waals surface area contributed by atoms with Crippen LogP contribution in [0.3, 0.4) is 0 Å². The van der Waals surface area contributed by atoms with Crippen LogP contribution in [0.25, 0.3) is 21.5 Å². The van der Waals surface area contributed by atoms with Gasteiger partial charge in [0, 0.05) is 0 Å². The Morgan fingerprint density at radius 3 is 1.35 bits per heavy atom. The van der Waals surface area contributed by atoms with Crippen LogP contribution in [0.15, 0.2) is 48.5 Å². The van der Waals surface area contributed by atoms with Gasteiger partial charge in [-0.05, 0) is 12.8 Å². The maximum absolute atomic E-state index is 6.12. The van der Waals surface area contributed by atoms with Crippen LogP contribution in [-0.4, -0.2) is 5.43 Å². The fourth-order valence-electron chi connectivity index (χ4n) is 5.37. The first-order valence-electron chi connectivity index (χ1n) is 15.5. The molecule has 0 heterocycles. The van der Waals surface area contributed by atoms with E-state index in [1.54, 1.807) is 0 Å². The number of fused-ring (bicyclic) bond motifs is 2. The Labute approximate surface area is 260 Å². The maximum Gasteiger partial charge on any atom is -0.0371 e. The molecule has 0 aromatic heterocycles. The summed E-state index contributed by atoms with van der Waals surface area (Å²) in [5, 5.41) is 5.80. The summed E-state index contributed by atoms with van der Waals surface area (Å²) in [6, 6.07) is 21.0. The van der Waals surface area contributed by atoms with Crippen molar-refractivity contribution in [1.29, 1.82) is 0 Å². The minimum Gasteiger partial charge on any atom is -0.165 e. The van der Waals surface area contributed by atoms with Crippen LogP contribution in [0.1, 0.15) is 99.6 Å². The van der Waals surface area contributed by atoms with Crippen LogP contribution in [-0.2, 0) is 30.8 Å². The van der Waals surface area contributed by atoms with Crippen molar-refractivity contribution in [2.24, 2.45) is 0 Å². The molecule has 4 aromatic rings. The quantitative estimate of drug-likeness (QED) is 0.116. The number of hydrogen-bond acceptors (Lipinski definition) is 0. The van der Waals surface area contributed by atoms with Crippen LogP contribution in [0.5, 0.6) is 0 Å². The summed E-state index contributed by atoms with van der Waals surface area (Å²) < 4.78 is 0. The average Bonchev–Trinajstić information content (AvgIpc) is 3.52. The minimum absolute atomic E-state index is 0.259. The van der Waals surface area contributed by atoms with Gasteiger partial charge in [-0.15, -0.1) is 68.1 Å². The molecule has 0 bridgehead atoms. The van der Waals surface area contributed by atoms with Gasteiger partial charge in [-0.2, -0.15) is 12.1 Å². The zero-order valence-electron chi connectivity index (χ0n) is 26.4. The van der Waals surface area contributed by atoms with Crippen LogP contribution >= 0.6 is 17.0 Å². The molecule has 40 heavy (non-hydrogen) atoms. The van der Waals surface area contributed by atoms with Gasteiger partial charge in [0.1, 0.15) is 0 Å². The second kappa shape index (κ2) is 18.8. The Kier molecular flexibility index (Phi) is 16.7. The second-order valence-corrected chi connectivity index (χ2v) is 32.4. The van der Waals surface area contributed by atoms with Crippen molar-refractivity contribution in [2.75, 3.05) is 0 Å². The zero-order chi connectivity index (χ0) is 29.7. The molecule has 0 unspecified atom stereocenters. The molecular formula is C36H52Cl2SiZr-2. The average molecular weight is 675 g/mol.